The lowest BCUT2D eigenvalue weighted by molar-refractivity contribution is -0.119. The Bertz CT molecular complexity index is 722. The summed E-state index contributed by atoms with van der Waals surface area (Å²) >= 11 is 15.1. The van der Waals surface area contributed by atoms with E-state index in [4.69, 9.17) is 27.9 Å². The minimum Gasteiger partial charge on any atom is -0.452 e. The third-order valence-electron chi connectivity index (χ3n) is 2.62. The molecular weight excluding hydrogens is 393 g/mol. The van der Waals surface area contributed by atoms with Crippen molar-refractivity contribution in [1.29, 1.82) is 0 Å². The van der Waals surface area contributed by atoms with E-state index < -0.39 is 18.5 Å². The number of anilines is 1. The maximum Gasteiger partial charge on any atom is 0.338 e. The number of carbonyl (C=O) groups excluding carboxylic acids is 2. The number of hydrogen-bond acceptors (Lipinski definition) is 3. The smallest absolute Gasteiger partial charge is 0.338 e. The first-order valence-corrected chi connectivity index (χ1v) is 7.69. The van der Waals surface area contributed by atoms with E-state index in [0.717, 1.165) is 4.47 Å². The van der Waals surface area contributed by atoms with Crippen LogP contribution in [0.1, 0.15) is 10.4 Å². The molecule has 0 fully saturated rings. The fourth-order valence-electron chi connectivity index (χ4n) is 1.62. The number of esters is 1. The quantitative estimate of drug-likeness (QED) is 0.763. The second-order valence-electron chi connectivity index (χ2n) is 4.24. The zero-order valence-electron chi connectivity index (χ0n) is 11.1. The van der Waals surface area contributed by atoms with E-state index in [9.17, 15) is 9.59 Å². The van der Waals surface area contributed by atoms with Crippen molar-refractivity contribution in [1.82, 2.24) is 0 Å². The van der Waals surface area contributed by atoms with Gasteiger partial charge in [-0.3, -0.25) is 4.79 Å². The fraction of sp³-hybridized carbons (Fsp3) is 0.0667. The molecule has 4 nitrogen and oxygen atoms in total. The Balaban J connectivity index is 1.93. The van der Waals surface area contributed by atoms with Crippen molar-refractivity contribution in [3.05, 3.63) is 62.5 Å². The molecule has 7 heteroatoms. The predicted octanol–water partition coefficient (Wildman–Crippen LogP) is 4.55. The summed E-state index contributed by atoms with van der Waals surface area (Å²) in [6, 6.07) is 11.5. The second kappa shape index (κ2) is 7.63. The van der Waals surface area contributed by atoms with Crippen molar-refractivity contribution in [2.45, 2.75) is 0 Å². The molecule has 0 radical (unpaired) electrons. The normalized spacial score (nSPS) is 10.1. The van der Waals surface area contributed by atoms with Gasteiger partial charge in [-0.15, -0.1) is 0 Å². The molecule has 0 aliphatic heterocycles. The number of amides is 1. The third-order valence-corrected chi connectivity index (χ3v) is 3.93. The molecular formula is C15H10BrCl2NO3. The summed E-state index contributed by atoms with van der Waals surface area (Å²) < 4.78 is 5.69. The maximum atomic E-state index is 11.8. The van der Waals surface area contributed by atoms with Crippen LogP contribution in [0, 0.1) is 0 Å². The summed E-state index contributed by atoms with van der Waals surface area (Å²) in [5.41, 5.74) is 0.709. The van der Waals surface area contributed by atoms with Crippen molar-refractivity contribution in [3.8, 4) is 0 Å². The Hall–Kier alpha value is -1.56. The van der Waals surface area contributed by atoms with E-state index in [0.29, 0.717) is 16.3 Å². The van der Waals surface area contributed by atoms with Crippen LogP contribution in [0.15, 0.2) is 46.9 Å². The summed E-state index contributed by atoms with van der Waals surface area (Å²) in [7, 11) is 0. The molecule has 0 spiro atoms. The number of rotatable bonds is 4. The van der Waals surface area contributed by atoms with Gasteiger partial charge in [0, 0.05) is 4.47 Å². The van der Waals surface area contributed by atoms with Crippen molar-refractivity contribution in [2.24, 2.45) is 0 Å². The molecule has 0 aromatic heterocycles. The Labute approximate surface area is 145 Å². The number of benzene rings is 2. The monoisotopic (exact) mass is 401 g/mol. The average molecular weight is 403 g/mol. The molecule has 0 saturated heterocycles. The molecule has 2 aromatic rings. The van der Waals surface area contributed by atoms with Crippen LogP contribution in [0.4, 0.5) is 5.69 Å². The van der Waals surface area contributed by atoms with Crippen molar-refractivity contribution in [2.75, 3.05) is 11.9 Å². The standard InChI is InChI=1S/C15H10BrCl2NO3/c16-10-4-1-3-9(7-10)15(21)22-8-13(20)19-12-6-2-5-11(17)14(12)18/h1-7H,8H2,(H,19,20). The lowest BCUT2D eigenvalue weighted by atomic mass is 10.2. The number of nitrogens with one attached hydrogen (secondary N) is 1. The van der Waals surface area contributed by atoms with Gasteiger partial charge in [0.05, 0.1) is 21.3 Å². The van der Waals surface area contributed by atoms with Crippen LogP contribution in [-0.4, -0.2) is 18.5 Å². The van der Waals surface area contributed by atoms with Gasteiger partial charge in [-0.25, -0.2) is 4.79 Å². The van der Waals surface area contributed by atoms with E-state index in [2.05, 4.69) is 21.2 Å². The van der Waals surface area contributed by atoms with Crippen LogP contribution < -0.4 is 5.32 Å². The largest absolute Gasteiger partial charge is 0.452 e. The van der Waals surface area contributed by atoms with Gasteiger partial charge in [-0.1, -0.05) is 51.3 Å². The minimum atomic E-state index is -0.589. The van der Waals surface area contributed by atoms with Crippen LogP contribution in [0.25, 0.3) is 0 Å². The van der Waals surface area contributed by atoms with Gasteiger partial charge in [0.2, 0.25) is 0 Å². The van der Waals surface area contributed by atoms with Crippen molar-refractivity contribution >= 4 is 56.7 Å². The molecule has 0 atom stereocenters. The van der Waals surface area contributed by atoms with E-state index in [-0.39, 0.29) is 5.02 Å². The van der Waals surface area contributed by atoms with Crippen molar-refractivity contribution in [3.63, 3.8) is 0 Å². The summed E-state index contributed by atoms with van der Waals surface area (Å²) in [5.74, 6) is -1.10. The highest BCUT2D eigenvalue weighted by atomic mass is 79.9. The Morgan fingerprint density at radius 1 is 1.14 bits per heavy atom. The first-order valence-electron chi connectivity index (χ1n) is 6.14. The summed E-state index contributed by atoms with van der Waals surface area (Å²) in [6.45, 7) is -0.422. The van der Waals surface area contributed by atoms with E-state index in [1.165, 1.54) is 0 Å². The molecule has 114 valence electrons. The van der Waals surface area contributed by atoms with Crippen LogP contribution in [0.3, 0.4) is 0 Å². The highest BCUT2D eigenvalue weighted by molar-refractivity contribution is 9.10. The average Bonchev–Trinajstić information content (AvgIpc) is 2.49. The number of ether oxygens (including phenoxy) is 1. The van der Waals surface area contributed by atoms with Gasteiger partial charge in [-0.2, -0.15) is 0 Å². The number of halogens is 3. The fourth-order valence-corrected chi connectivity index (χ4v) is 2.36. The second-order valence-corrected chi connectivity index (χ2v) is 5.94. The first-order chi connectivity index (χ1) is 10.5. The van der Waals surface area contributed by atoms with Gasteiger partial charge in [0.15, 0.2) is 6.61 Å². The molecule has 0 aliphatic carbocycles. The van der Waals surface area contributed by atoms with E-state index in [1.807, 2.05) is 0 Å². The van der Waals surface area contributed by atoms with Gasteiger partial charge < -0.3 is 10.1 Å². The van der Waals surface area contributed by atoms with Gasteiger partial charge >= 0.3 is 5.97 Å². The zero-order chi connectivity index (χ0) is 16.1. The molecule has 1 N–H and O–H groups in total. The molecule has 0 aliphatic rings. The molecule has 22 heavy (non-hydrogen) atoms. The van der Waals surface area contributed by atoms with Crippen molar-refractivity contribution < 1.29 is 14.3 Å². The Morgan fingerprint density at radius 2 is 1.86 bits per heavy atom. The Morgan fingerprint density at radius 3 is 2.59 bits per heavy atom. The minimum absolute atomic E-state index is 0.232. The molecule has 0 bridgehead atoms. The highest BCUT2D eigenvalue weighted by Gasteiger charge is 2.12. The van der Waals surface area contributed by atoms with Gasteiger partial charge in [0.1, 0.15) is 0 Å². The summed E-state index contributed by atoms with van der Waals surface area (Å²) in [5, 5.41) is 3.08. The third kappa shape index (κ3) is 4.47. The van der Waals surface area contributed by atoms with Gasteiger partial charge in [0.25, 0.3) is 5.91 Å². The van der Waals surface area contributed by atoms with Crippen LogP contribution in [0.5, 0.6) is 0 Å². The first kappa shape index (κ1) is 16.8. The molecule has 0 heterocycles. The van der Waals surface area contributed by atoms with E-state index >= 15 is 0 Å². The lowest BCUT2D eigenvalue weighted by Crippen LogP contribution is -2.21. The summed E-state index contributed by atoms with van der Waals surface area (Å²) in [6.07, 6.45) is 0. The number of carbonyl (C=O) groups is 2. The van der Waals surface area contributed by atoms with Crippen LogP contribution >= 0.6 is 39.1 Å². The molecule has 0 saturated carbocycles. The van der Waals surface area contributed by atoms with Crippen LogP contribution in [0.2, 0.25) is 10.0 Å². The zero-order valence-corrected chi connectivity index (χ0v) is 14.2. The van der Waals surface area contributed by atoms with Crippen LogP contribution in [-0.2, 0) is 9.53 Å². The molecule has 2 aromatic carbocycles. The molecule has 2 rings (SSSR count). The van der Waals surface area contributed by atoms with Gasteiger partial charge in [-0.05, 0) is 30.3 Å². The molecule has 1 amide bonds. The Kier molecular flexibility index (Phi) is 5.83. The lowest BCUT2D eigenvalue weighted by Gasteiger charge is -2.09. The highest BCUT2D eigenvalue weighted by Crippen LogP contribution is 2.29. The SMILES string of the molecule is O=C(COC(=O)c1cccc(Br)c1)Nc1cccc(Cl)c1Cl. The topological polar surface area (TPSA) is 55.4 Å². The maximum absolute atomic E-state index is 11.8. The summed E-state index contributed by atoms with van der Waals surface area (Å²) in [4.78, 5) is 23.6. The molecule has 0 unspecified atom stereocenters. The predicted molar refractivity (Wildman–Crippen MR) is 89.5 cm³/mol. The number of hydrogen-bond donors (Lipinski definition) is 1. The van der Waals surface area contributed by atoms with E-state index in [1.54, 1.807) is 42.5 Å².